The largest absolute Gasteiger partial charge is 0.493 e. The third-order valence-electron chi connectivity index (χ3n) is 5.94. The van der Waals surface area contributed by atoms with Crippen molar-refractivity contribution in [2.24, 2.45) is 0 Å². The quantitative estimate of drug-likeness (QED) is 0.181. The number of benzene rings is 3. The summed E-state index contributed by atoms with van der Waals surface area (Å²) in [5.74, 6) is 0.0644. The molecule has 1 aliphatic heterocycles. The van der Waals surface area contributed by atoms with Gasteiger partial charge in [0.1, 0.15) is 0 Å². The van der Waals surface area contributed by atoms with Crippen molar-refractivity contribution in [2.45, 2.75) is 5.16 Å². The lowest BCUT2D eigenvalue weighted by Crippen LogP contribution is -2.41. The van der Waals surface area contributed by atoms with Crippen LogP contribution in [-0.4, -0.2) is 59.6 Å². The van der Waals surface area contributed by atoms with E-state index in [1.54, 1.807) is 60.7 Å². The summed E-state index contributed by atoms with van der Waals surface area (Å²) < 4.78 is 17.7. The number of rotatable bonds is 9. The van der Waals surface area contributed by atoms with Gasteiger partial charge in [-0.2, -0.15) is 9.69 Å². The Bertz CT molecular complexity index is 1490. The van der Waals surface area contributed by atoms with Crippen LogP contribution in [0.5, 0.6) is 17.2 Å². The van der Waals surface area contributed by atoms with Crippen molar-refractivity contribution in [2.75, 3.05) is 32.1 Å². The summed E-state index contributed by atoms with van der Waals surface area (Å²) in [5, 5.41) is 9.73. The average Bonchev–Trinajstić information content (AvgIpc) is 3.48. The molecule has 0 N–H and O–H groups in total. The Kier molecular flexibility index (Phi) is 6.84. The molecule has 0 fully saturated rings. The van der Waals surface area contributed by atoms with Gasteiger partial charge in [-0.1, -0.05) is 54.2 Å². The number of ether oxygens (including phenoxy) is 3. The second-order valence-electron chi connectivity index (χ2n) is 8.08. The van der Waals surface area contributed by atoms with Crippen LogP contribution in [0.4, 0.5) is 0 Å². The van der Waals surface area contributed by atoms with Gasteiger partial charge in [0.25, 0.3) is 11.8 Å². The molecule has 3 aromatic carbocycles. The molecule has 2 heterocycles. The number of Topliss-reactive ketones (excluding diaryl/α,β-unsaturated/α-hetero) is 1. The van der Waals surface area contributed by atoms with E-state index in [1.165, 1.54) is 26.0 Å². The summed E-state index contributed by atoms with van der Waals surface area (Å²) in [5.41, 5.74) is 1.51. The van der Waals surface area contributed by atoms with E-state index in [0.29, 0.717) is 28.4 Å². The number of carbonyl (C=O) groups excluding carboxylic acids is 3. The highest BCUT2D eigenvalue weighted by atomic mass is 32.2. The fourth-order valence-corrected chi connectivity index (χ4v) is 4.94. The van der Waals surface area contributed by atoms with E-state index in [-0.39, 0.29) is 33.6 Å². The summed E-state index contributed by atoms with van der Waals surface area (Å²) in [6.07, 6.45) is 0. The van der Waals surface area contributed by atoms with Crippen LogP contribution < -0.4 is 19.2 Å². The van der Waals surface area contributed by atoms with Gasteiger partial charge >= 0.3 is 0 Å². The summed E-state index contributed by atoms with van der Waals surface area (Å²) in [6.45, 7) is 0. The van der Waals surface area contributed by atoms with Crippen molar-refractivity contribution in [1.29, 1.82) is 0 Å². The first-order valence-corrected chi connectivity index (χ1v) is 12.4. The number of hydrogen-bond donors (Lipinski definition) is 0. The predicted octanol–water partition coefficient (Wildman–Crippen LogP) is 3.88. The maximum absolute atomic E-state index is 13.4. The van der Waals surface area contributed by atoms with Crippen LogP contribution in [0.15, 0.2) is 71.9 Å². The molecule has 192 valence electrons. The molecule has 0 unspecified atom stereocenters. The van der Waals surface area contributed by atoms with Crippen LogP contribution in [0.2, 0.25) is 0 Å². The molecule has 11 heteroatoms. The molecule has 10 nitrogen and oxygen atoms in total. The first-order chi connectivity index (χ1) is 18.5. The average molecular weight is 531 g/mol. The minimum absolute atomic E-state index is 0.0145. The van der Waals surface area contributed by atoms with Crippen LogP contribution in [-0.2, 0) is 0 Å². The van der Waals surface area contributed by atoms with E-state index in [4.69, 9.17) is 14.2 Å². The first-order valence-electron chi connectivity index (χ1n) is 11.4. The zero-order valence-electron chi connectivity index (χ0n) is 20.7. The Hall–Kier alpha value is -4.64. The Morgan fingerprint density at radius 1 is 0.816 bits per heavy atom. The fourth-order valence-electron chi connectivity index (χ4n) is 4.12. The van der Waals surface area contributed by atoms with Crippen molar-refractivity contribution < 1.29 is 28.6 Å². The molecule has 4 aromatic rings. The number of ketones is 1. The van der Waals surface area contributed by atoms with E-state index in [0.717, 1.165) is 16.8 Å². The van der Waals surface area contributed by atoms with Gasteiger partial charge in [0.05, 0.1) is 38.2 Å². The molecular formula is C27H22N4O6S. The number of amides is 2. The lowest BCUT2D eigenvalue weighted by Gasteiger charge is -2.20. The van der Waals surface area contributed by atoms with E-state index in [1.807, 2.05) is 6.07 Å². The minimum Gasteiger partial charge on any atom is -0.493 e. The number of hydrogen-bond acceptors (Lipinski definition) is 9. The van der Waals surface area contributed by atoms with E-state index >= 15 is 0 Å². The Morgan fingerprint density at radius 2 is 1.39 bits per heavy atom. The fraction of sp³-hybridized carbons (Fsp3) is 0.148. The molecule has 0 aliphatic carbocycles. The second kappa shape index (κ2) is 10.4. The van der Waals surface area contributed by atoms with Crippen LogP contribution >= 0.6 is 11.8 Å². The summed E-state index contributed by atoms with van der Waals surface area (Å²) in [7, 11) is 4.44. The van der Waals surface area contributed by atoms with Crippen LogP contribution in [0.1, 0.15) is 31.1 Å². The molecular weight excluding hydrogens is 508 g/mol. The van der Waals surface area contributed by atoms with Crippen molar-refractivity contribution in [1.82, 2.24) is 14.9 Å². The normalized spacial score (nSPS) is 12.4. The number of thioether (sulfide) groups is 1. The van der Waals surface area contributed by atoms with Gasteiger partial charge < -0.3 is 14.2 Å². The van der Waals surface area contributed by atoms with Crippen molar-refractivity contribution in [3.05, 3.63) is 83.4 Å². The highest BCUT2D eigenvalue weighted by molar-refractivity contribution is 7.99. The maximum Gasteiger partial charge on any atom is 0.281 e. The predicted molar refractivity (Wildman–Crippen MR) is 140 cm³/mol. The molecule has 0 saturated heterocycles. The van der Waals surface area contributed by atoms with E-state index < -0.39 is 11.8 Å². The molecule has 1 aliphatic rings. The summed E-state index contributed by atoms with van der Waals surface area (Å²) in [4.78, 5) is 39.7. The molecule has 0 spiro atoms. The lowest BCUT2D eigenvalue weighted by molar-refractivity contribution is 0.0882. The molecule has 5 rings (SSSR count). The van der Waals surface area contributed by atoms with Crippen LogP contribution in [0, 0.1) is 0 Å². The molecule has 0 radical (unpaired) electrons. The number of aromatic nitrogens is 3. The maximum atomic E-state index is 13.4. The molecule has 38 heavy (non-hydrogen) atoms. The third kappa shape index (κ3) is 4.26. The number of nitrogens with zero attached hydrogens (tertiary/aromatic N) is 4. The van der Waals surface area contributed by atoms with Gasteiger partial charge in [-0.05, 0) is 24.3 Å². The van der Waals surface area contributed by atoms with Crippen molar-refractivity contribution in [3.63, 3.8) is 0 Å². The van der Waals surface area contributed by atoms with Gasteiger partial charge in [-0.25, -0.2) is 0 Å². The Balaban J connectivity index is 1.62. The van der Waals surface area contributed by atoms with E-state index in [9.17, 15) is 14.4 Å². The topological polar surface area (TPSA) is 113 Å². The van der Waals surface area contributed by atoms with Gasteiger partial charge in [-0.15, -0.1) is 10.2 Å². The van der Waals surface area contributed by atoms with Gasteiger partial charge in [0.15, 0.2) is 23.1 Å². The van der Waals surface area contributed by atoms with Gasteiger partial charge in [0, 0.05) is 11.1 Å². The van der Waals surface area contributed by atoms with Crippen LogP contribution in [0.3, 0.4) is 0 Å². The van der Waals surface area contributed by atoms with Gasteiger partial charge in [0.2, 0.25) is 10.9 Å². The number of imide groups is 1. The smallest absolute Gasteiger partial charge is 0.281 e. The highest BCUT2D eigenvalue weighted by Gasteiger charge is 2.40. The molecule has 0 atom stereocenters. The lowest BCUT2D eigenvalue weighted by atomic mass is 10.1. The summed E-state index contributed by atoms with van der Waals surface area (Å²) in [6, 6.07) is 18.7. The first kappa shape index (κ1) is 25.0. The molecule has 1 aromatic heterocycles. The standard InChI is InChI=1S/C27H22N4O6S/c1-35-21-13-17(14-22(36-2)23(21)37-3)24-28-29-27(38-15-20(32)16-9-5-4-6-10-16)30(24)31-25(33)18-11-7-8-12-19(18)26(31)34/h4-14H,15H2,1-3H3. The minimum atomic E-state index is -0.532. The van der Waals surface area contributed by atoms with E-state index in [2.05, 4.69) is 10.2 Å². The van der Waals surface area contributed by atoms with Gasteiger partial charge in [-0.3, -0.25) is 14.4 Å². The number of fused-ring (bicyclic) bond motifs is 1. The third-order valence-corrected chi connectivity index (χ3v) is 6.86. The monoisotopic (exact) mass is 530 g/mol. The summed E-state index contributed by atoms with van der Waals surface area (Å²) >= 11 is 1.07. The molecule has 0 bridgehead atoms. The molecule has 2 amide bonds. The van der Waals surface area contributed by atoms with Crippen molar-refractivity contribution in [3.8, 4) is 28.6 Å². The Labute approximate surface area is 222 Å². The Morgan fingerprint density at radius 3 is 1.95 bits per heavy atom. The highest BCUT2D eigenvalue weighted by Crippen LogP contribution is 2.41. The zero-order valence-corrected chi connectivity index (χ0v) is 21.5. The van der Waals surface area contributed by atoms with Crippen molar-refractivity contribution >= 4 is 29.4 Å². The molecule has 0 saturated carbocycles. The zero-order chi connectivity index (χ0) is 26.8. The SMILES string of the molecule is COc1cc(-c2nnc(SCC(=O)c3ccccc3)n2N2C(=O)c3ccccc3C2=O)cc(OC)c1OC. The van der Waals surface area contributed by atoms with Crippen LogP contribution in [0.25, 0.3) is 11.4 Å². The number of carbonyl (C=O) groups is 3. The number of methoxy groups -OCH3 is 3. The second-order valence-corrected chi connectivity index (χ2v) is 9.02.